The average Bonchev–Trinajstić information content (AvgIpc) is 2.68. The van der Waals surface area contributed by atoms with Crippen LogP contribution in [0.2, 0.25) is 0 Å². The number of nitrogens with zero attached hydrogens (tertiary/aromatic N) is 3. The molecule has 0 unspecified atom stereocenters. The van der Waals surface area contributed by atoms with Gasteiger partial charge in [0.1, 0.15) is 0 Å². The summed E-state index contributed by atoms with van der Waals surface area (Å²) in [6, 6.07) is 10.6. The number of ether oxygens (including phenoxy) is 1. The Bertz CT molecular complexity index is 795. The molecule has 0 saturated heterocycles. The lowest BCUT2D eigenvalue weighted by molar-refractivity contribution is 0.0684. The zero-order valence-corrected chi connectivity index (χ0v) is 14.6. The molecule has 132 valence electrons. The summed E-state index contributed by atoms with van der Waals surface area (Å²) in [7, 11) is 3.25. The standard InChI is InChI=1S/C19H23N3O3/c1-21(14-9-5-3-6-10-14)19(24)18-16(25-2)13-17(23)22(20-18)15-11-7-4-8-12-15/h4,7-8,11-14H,3,5-6,9-10H2,1-2H3. The third-order valence-corrected chi connectivity index (χ3v) is 4.76. The molecule has 0 radical (unpaired) electrons. The smallest absolute Gasteiger partial charge is 0.278 e. The Morgan fingerprint density at radius 2 is 1.88 bits per heavy atom. The van der Waals surface area contributed by atoms with Crippen molar-refractivity contribution >= 4 is 5.91 Å². The van der Waals surface area contributed by atoms with Crippen molar-refractivity contribution in [1.82, 2.24) is 14.7 Å². The van der Waals surface area contributed by atoms with Crippen molar-refractivity contribution in [3.05, 3.63) is 52.4 Å². The van der Waals surface area contributed by atoms with Crippen LogP contribution in [0.1, 0.15) is 42.6 Å². The van der Waals surface area contributed by atoms with E-state index in [2.05, 4.69) is 5.10 Å². The van der Waals surface area contributed by atoms with Gasteiger partial charge in [-0.25, -0.2) is 0 Å². The van der Waals surface area contributed by atoms with Crippen LogP contribution in [0.15, 0.2) is 41.2 Å². The highest BCUT2D eigenvalue weighted by molar-refractivity contribution is 5.94. The van der Waals surface area contributed by atoms with E-state index in [1.54, 1.807) is 24.1 Å². The van der Waals surface area contributed by atoms with Crippen molar-refractivity contribution in [2.75, 3.05) is 14.2 Å². The maximum atomic E-state index is 13.0. The molecular weight excluding hydrogens is 318 g/mol. The highest BCUT2D eigenvalue weighted by Crippen LogP contribution is 2.24. The minimum absolute atomic E-state index is 0.166. The van der Waals surface area contributed by atoms with E-state index in [0.717, 1.165) is 25.7 Å². The Morgan fingerprint density at radius 1 is 1.20 bits per heavy atom. The van der Waals surface area contributed by atoms with Crippen LogP contribution in [0.4, 0.5) is 0 Å². The van der Waals surface area contributed by atoms with Crippen LogP contribution in [-0.4, -0.2) is 40.8 Å². The highest BCUT2D eigenvalue weighted by atomic mass is 16.5. The summed E-state index contributed by atoms with van der Waals surface area (Å²) in [6.45, 7) is 0. The molecule has 6 heteroatoms. The first-order valence-corrected chi connectivity index (χ1v) is 8.62. The van der Waals surface area contributed by atoms with E-state index in [-0.39, 0.29) is 29.0 Å². The minimum atomic E-state index is -0.333. The molecule has 1 saturated carbocycles. The second kappa shape index (κ2) is 7.51. The number of hydrogen-bond donors (Lipinski definition) is 0. The van der Waals surface area contributed by atoms with Crippen LogP contribution < -0.4 is 10.3 Å². The molecule has 1 aliphatic carbocycles. The van der Waals surface area contributed by atoms with Crippen LogP contribution >= 0.6 is 0 Å². The number of rotatable bonds is 4. The first kappa shape index (κ1) is 17.2. The van der Waals surface area contributed by atoms with Crippen LogP contribution in [0.5, 0.6) is 5.75 Å². The van der Waals surface area contributed by atoms with Gasteiger partial charge in [0.25, 0.3) is 11.5 Å². The summed E-state index contributed by atoms with van der Waals surface area (Å²) in [5.74, 6) is -0.00160. The van der Waals surface area contributed by atoms with Gasteiger partial charge >= 0.3 is 0 Å². The van der Waals surface area contributed by atoms with E-state index >= 15 is 0 Å². The fourth-order valence-electron chi connectivity index (χ4n) is 3.30. The number of methoxy groups -OCH3 is 1. The van der Waals surface area contributed by atoms with E-state index < -0.39 is 0 Å². The molecule has 0 bridgehead atoms. The molecule has 0 aliphatic heterocycles. The Balaban J connectivity index is 1.99. The summed E-state index contributed by atoms with van der Waals surface area (Å²) in [6.07, 6.45) is 5.50. The molecule has 1 fully saturated rings. The largest absolute Gasteiger partial charge is 0.494 e. The molecule has 1 aliphatic rings. The lowest BCUT2D eigenvalue weighted by atomic mass is 9.94. The summed E-state index contributed by atoms with van der Waals surface area (Å²) in [5.41, 5.74) is 0.448. The maximum absolute atomic E-state index is 13.0. The first-order chi connectivity index (χ1) is 12.1. The van der Waals surface area contributed by atoms with E-state index in [9.17, 15) is 9.59 Å². The second-order valence-electron chi connectivity index (χ2n) is 6.35. The normalized spacial score (nSPS) is 15.0. The van der Waals surface area contributed by atoms with Gasteiger partial charge in [-0.2, -0.15) is 9.78 Å². The fourth-order valence-corrected chi connectivity index (χ4v) is 3.30. The van der Waals surface area contributed by atoms with E-state index in [0.29, 0.717) is 5.69 Å². The van der Waals surface area contributed by atoms with E-state index in [1.807, 2.05) is 18.2 Å². The third kappa shape index (κ3) is 3.57. The number of aromatic nitrogens is 2. The van der Waals surface area contributed by atoms with E-state index in [4.69, 9.17) is 4.74 Å². The molecule has 1 aromatic carbocycles. The number of para-hydroxylation sites is 1. The highest BCUT2D eigenvalue weighted by Gasteiger charge is 2.27. The van der Waals surface area contributed by atoms with Crippen molar-refractivity contribution in [3.63, 3.8) is 0 Å². The minimum Gasteiger partial charge on any atom is -0.494 e. The lowest BCUT2D eigenvalue weighted by Gasteiger charge is -2.31. The molecule has 0 spiro atoms. The number of amides is 1. The van der Waals surface area contributed by atoms with E-state index in [1.165, 1.54) is 24.3 Å². The SMILES string of the molecule is COc1cc(=O)n(-c2ccccc2)nc1C(=O)N(C)C1CCCCC1. The van der Waals surface area contributed by atoms with Crippen molar-refractivity contribution in [2.45, 2.75) is 38.1 Å². The van der Waals surface area contributed by atoms with Crippen LogP contribution in [0.3, 0.4) is 0 Å². The molecule has 1 heterocycles. The number of hydrogen-bond acceptors (Lipinski definition) is 4. The van der Waals surface area contributed by atoms with Gasteiger partial charge in [-0.1, -0.05) is 37.5 Å². The molecule has 0 atom stereocenters. The van der Waals surface area contributed by atoms with Crippen molar-refractivity contribution in [3.8, 4) is 11.4 Å². The summed E-state index contributed by atoms with van der Waals surface area (Å²) < 4.78 is 6.49. The summed E-state index contributed by atoms with van der Waals surface area (Å²) >= 11 is 0. The van der Waals surface area contributed by atoms with Crippen molar-refractivity contribution in [1.29, 1.82) is 0 Å². The van der Waals surface area contributed by atoms with Crippen LogP contribution in [0.25, 0.3) is 5.69 Å². The van der Waals surface area contributed by atoms with Crippen molar-refractivity contribution < 1.29 is 9.53 Å². The number of benzene rings is 1. The molecule has 1 amide bonds. The second-order valence-corrected chi connectivity index (χ2v) is 6.35. The van der Waals surface area contributed by atoms with Gasteiger partial charge in [0.05, 0.1) is 18.9 Å². The van der Waals surface area contributed by atoms with Gasteiger partial charge in [-0.05, 0) is 25.0 Å². The first-order valence-electron chi connectivity index (χ1n) is 8.62. The van der Waals surface area contributed by atoms with Gasteiger partial charge < -0.3 is 9.64 Å². The monoisotopic (exact) mass is 341 g/mol. The van der Waals surface area contributed by atoms with Crippen molar-refractivity contribution in [2.24, 2.45) is 0 Å². The van der Waals surface area contributed by atoms with Crippen LogP contribution in [0, 0.1) is 0 Å². The molecule has 25 heavy (non-hydrogen) atoms. The van der Waals surface area contributed by atoms with Gasteiger partial charge in [0.15, 0.2) is 11.4 Å². The predicted octanol–water partition coefficient (Wildman–Crippen LogP) is 2.65. The molecule has 3 rings (SSSR count). The Kier molecular flexibility index (Phi) is 5.16. The predicted molar refractivity (Wildman–Crippen MR) is 95.4 cm³/mol. The molecule has 0 N–H and O–H groups in total. The topological polar surface area (TPSA) is 64.4 Å². The van der Waals surface area contributed by atoms with Gasteiger partial charge in [0, 0.05) is 13.1 Å². The molecular formula is C19H23N3O3. The fraction of sp³-hybridized carbons (Fsp3) is 0.421. The summed E-state index contributed by atoms with van der Waals surface area (Å²) in [4.78, 5) is 27.1. The van der Waals surface area contributed by atoms with Gasteiger partial charge in [0.2, 0.25) is 0 Å². The summed E-state index contributed by atoms with van der Waals surface area (Å²) in [5, 5.41) is 4.32. The zero-order valence-electron chi connectivity index (χ0n) is 14.6. The maximum Gasteiger partial charge on any atom is 0.278 e. The Labute approximate surface area is 147 Å². The zero-order chi connectivity index (χ0) is 17.8. The third-order valence-electron chi connectivity index (χ3n) is 4.76. The quantitative estimate of drug-likeness (QED) is 0.857. The Hall–Kier alpha value is -2.63. The molecule has 6 nitrogen and oxygen atoms in total. The lowest BCUT2D eigenvalue weighted by Crippen LogP contribution is -2.39. The number of carbonyl (C=O) groups is 1. The van der Waals surface area contributed by atoms with Gasteiger partial charge in [-0.15, -0.1) is 0 Å². The number of carbonyl (C=O) groups excluding carboxylic acids is 1. The molecule has 2 aromatic rings. The molecule has 1 aromatic heterocycles. The van der Waals surface area contributed by atoms with Crippen LogP contribution in [-0.2, 0) is 0 Å². The Morgan fingerprint density at radius 3 is 2.52 bits per heavy atom. The van der Waals surface area contributed by atoms with Gasteiger partial charge in [-0.3, -0.25) is 9.59 Å². The average molecular weight is 341 g/mol.